The fourth-order valence-electron chi connectivity index (χ4n) is 3.21. The second kappa shape index (κ2) is 10.4. The maximum atomic E-state index is 13.4. The lowest BCUT2D eigenvalue weighted by Crippen LogP contribution is -2.39. The maximum absolute atomic E-state index is 13.4. The zero-order valence-electron chi connectivity index (χ0n) is 17.8. The second-order valence-corrected chi connectivity index (χ2v) is 8.15. The molecular formula is C24H33NO3. The molecule has 0 aliphatic rings. The summed E-state index contributed by atoms with van der Waals surface area (Å²) >= 11 is 0. The van der Waals surface area contributed by atoms with Crippen LogP contribution in [0.25, 0.3) is 0 Å². The quantitative estimate of drug-likeness (QED) is 0.460. The van der Waals surface area contributed by atoms with Crippen molar-refractivity contribution in [3.63, 3.8) is 0 Å². The SMILES string of the molecule is COCCOCN(C(=O)[C@@H](C)Cc1ccccc1)c1ccccc1C(C)(C)C. The molecule has 0 aliphatic carbocycles. The highest BCUT2D eigenvalue weighted by molar-refractivity contribution is 5.95. The normalized spacial score (nSPS) is 12.6. The second-order valence-electron chi connectivity index (χ2n) is 8.15. The van der Waals surface area contributed by atoms with Crippen LogP contribution in [0.3, 0.4) is 0 Å². The summed E-state index contributed by atoms with van der Waals surface area (Å²) in [6.45, 7) is 9.63. The molecule has 0 unspecified atom stereocenters. The van der Waals surface area contributed by atoms with Gasteiger partial charge in [0.1, 0.15) is 6.73 Å². The van der Waals surface area contributed by atoms with E-state index in [0.29, 0.717) is 19.6 Å². The zero-order chi connectivity index (χ0) is 20.6. The molecule has 2 aromatic carbocycles. The highest BCUT2D eigenvalue weighted by Crippen LogP contribution is 2.32. The maximum Gasteiger partial charge on any atom is 0.232 e. The van der Waals surface area contributed by atoms with Crippen LogP contribution < -0.4 is 4.90 Å². The van der Waals surface area contributed by atoms with Crippen LogP contribution in [0.5, 0.6) is 0 Å². The number of carbonyl (C=O) groups is 1. The smallest absolute Gasteiger partial charge is 0.232 e. The van der Waals surface area contributed by atoms with Gasteiger partial charge in [-0.3, -0.25) is 9.69 Å². The zero-order valence-corrected chi connectivity index (χ0v) is 17.8. The van der Waals surface area contributed by atoms with Crippen LogP contribution in [-0.4, -0.2) is 33.0 Å². The van der Waals surface area contributed by atoms with Crippen molar-refractivity contribution in [3.05, 3.63) is 65.7 Å². The Morgan fingerprint density at radius 2 is 1.64 bits per heavy atom. The largest absolute Gasteiger partial charge is 0.382 e. The number of para-hydroxylation sites is 1. The lowest BCUT2D eigenvalue weighted by Gasteiger charge is -2.31. The number of anilines is 1. The van der Waals surface area contributed by atoms with Crippen molar-refractivity contribution in [1.29, 1.82) is 0 Å². The van der Waals surface area contributed by atoms with Crippen molar-refractivity contribution in [2.24, 2.45) is 5.92 Å². The molecule has 0 fully saturated rings. The molecule has 4 heteroatoms. The minimum Gasteiger partial charge on any atom is -0.382 e. The van der Waals surface area contributed by atoms with Gasteiger partial charge in [-0.2, -0.15) is 0 Å². The van der Waals surface area contributed by atoms with Crippen molar-refractivity contribution in [2.45, 2.75) is 39.5 Å². The van der Waals surface area contributed by atoms with Crippen LogP contribution >= 0.6 is 0 Å². The summed E-state index contributed by atoms with van der Waals surface area (Å²) in [7, 11) is 1.64. The van der Waals surface area contributed by atoms with Gasteiger partial charge in [0.2, 0.25) is 5.91 Å². The van der Waals surface area contributed by atoms with Crippen LogP contribution in [0.15, 0.2) is 54.6 Å². The van der Waals surface area contributed by atoms with Gasteiger partial charge in [-0.25, -0.2) is 0 Å². The van der Waals surface area contributed by atoms with Gasteiger partial charge in [-0.1, -0.05) is 76.2 Å². The van der Waals surface area contributed by atoms with E-state index < -0.39 is 0 Å². The van der Waals surface area contributed by atoms with Crippen molar-refractivity contribution in [1.82, 2.24) is 0 Å². The molecule has 0 saturated heterocycles. The average molecular weight is 384 g/mol. The lowest BCUT2D eigenvalue weighted by atomic mass is 9.85. The van der Waals surface area contributed by atoms with Gasteiger partial charge in [0.25, 0.3) is 0 Å². The van der Waals surface area contributed by atoms with E-state index in [1.165, 1.54) is 0 Å². The molecular weight excluding hydrogens is 350 g/mol. The van der Waals surface area contributed by atoms with Crippen LogP contribution in [0.4, 0.5) is 5.69 Å². The van der Waals surface area contributed by atoms with Crippen molar-refractivity contribution in [2.75, 3.05) is 32.0 Å². The van der Waals surface area contributed by atoms with E-state index in [0.717, 1.165) is 16.8 Å². The third-order valence-electron chi connectivity index (χ3n) is 4.73. The highest BCUT2D eigenvalue weighted by atomic mass is 16.5. The topological polar surface area (TPSA) is 38.8 Å². The molecule has 0 aliphatic heterocycles. The molecule has 0 saturated carbocycles. The van der Waals surface area contributed by atoms with E-state index in [4.69, 9.17) is 9.47 Å². The number of carbonyl (C=O) groups excluding carboxylic acids is 1. The standard InChI is InChI=1S/C24H33NO3/c1-19(17-20-11-7-6-8-12-20)23(26)25(18-28-16-15-27-5)22-14-10-9-13-21(22)24(2,3)4/h6-14,19H,15-18H2,1-5H3/t19-/m0/s1. The van der Waals surface area contributed by atoms with Crippen LogP contribution in [0.2, 0.25) is 0 Å². The lowest BCUT2D eigenvalue weighted by molar-refractivity contribution is -0.123. The molecule has 2 aromatic rings. The Morgan fingerprint density at radius 3 is 2.29 bits per heavy atom. The summed E-state index contributed by atoms with van der Waals surface area (Å²) in [4.78, 5) is 15.2. The fraction of sp³-hybridized carbons (Fsp3) is 0.458. The molecule has 0 radical (unpaired) electrons. The fourth-order valence-corrected chi connectivity index (χ4v) is 3.21. The predicted molar refractivity (Wildman–Crippen MR) is 115 cm³/mol. The molecule has 0 N–H and O–H groups in total. The number of ether oxygens (including phenoxy) is 2. The minimum absolute atomic E-state index is 0.0676. The number of hydrogen-bond donors (Lipinski definition) is 0. The van der Waals surface area contributed by atoms with Gasteiger partial charge < -0.3 is 9.47 Å². The Labute approximate surface area is 169 Å². The first-order valence-corrected chi connectivity index (χ1v) is 9.86. The first-order valence-electron chi connectivity index (χ1n) is 9.86. The van der Waals surface area contributed by atoms with Crippen LogP contribution in [0, 0.1) is 5.92 Å². The molecule has 0 spiro atoms. The van der Waals surface area contributed by atoms with Gasteiger partial charge in [0, 0.05) is 18.7 Å². The summed E-state index contributed by atoms with van der Waals surface area (Å²) in [5.41, 5.74) is 3.13. The molecule has 0 bridgehead atoms. The minimum atomic E-state index is -0.151. The third kappa shape index (κ3) is 6.18. The van der Waals surface area contributed by atoms with E-state index in [2.05, 4.69) is 39.0 Å². The van der Waals surface area contributed by atoms with Crippen molar-refractivity contribution >= 4 is 11.6 Å². The number of hydrogen-bond acceptors (Lipinski definition) is 3. The van der Waals surface area contributed by atoms with Gasteiger partial charge in [-0.15, -0.1) is 0 Å². The van der Waals surface area contributed by atoms with Crippen molar-refractivity contribution < 1.29 is 14.3 Å². The number of nitrogens with zero attached hydrogens (tertiary/aromatic N) is 1. The summed E-state index contributed by atoms with van der Waals surface area (Å²) in [5, 5.41) is 0. The average Bonchev–Trinajstić information content (AvgIpc) is 2.68. The van der Waals surface area contributed by atoms with Gasteiger partial charge in [-0.05, 0) is 29.0 Å². The molecule has 2 rings (SSSR count). The van der Waals surface area contributed by atoms with Gasteiger partial charge >= 0.3 is 0 Å². The molecule has 0 aromatic heterocycles. The predicted octanol–water partition coefficient (Wildman–Crippen LogP) is 4.82. The first kappa shape index (κ1) is 22.1. The van der Waals surface area contributed by atoms with E-state index in [1.807, 2.05) is 43.3 Å². The molecule has 152 valence electrons. The molecule has 1 atom stereocenters. The van der Waals surface area contributed by atoms with Gasteiger partial charge in [0.05, 0.1) is 13.2 Å². The number of amides is 1. The molecule has 0 heterocycles. The Balaban J connectivity index is 2.27. The number of benzene rings is 2. The van der Waals surface area contributed by atoms with E-state index >= 15 is 0 Å². The van der Waals surface area contributed by atoms with E-state index in [9.17, 15) is 4.79 Å². The highest BCUT2D eigenvalue weighted by Gasteiger charge is 2.27. The van der Waals surface area contributed by atoms with Crippen molar-refractivity contribution in [3.8, 4) is 0 Å². The van der Waals surface area contributed by atoms with Gasteiger partial charge in [0.15, 0.2) is 0 Å². The molecule has 1 amide bonds. The number of rotatable bonds is 9. The summed E-state index contributed by atoms with van der Waals surface area (Å²) in [6.07, 6.45) is 0.700. The Kier molecular flexibility index (Phi) is 8.21. The van der Waals surface area contributed by atoms with E-state index in [1.54, 1.807) is 12.0 Å². The van der Waals surface area contributed by atoms with Crippen LogP contribution in [0.1, 0.15) is 38.8 Å². The Bertz CT molecular complexity index is 737. The first-order chi connectivity index (χ1) is 13.3. The monoisotopic (exact) mass is 383 g/mol. The van der Waals surface area contributed by atoms with Crippen LogP contribution in [-0.2, 0) is 26.1 Å². The Morgan fingerprint density at radius 1 is 1.00 bits per heavy atom. The summed E-state index contributed by atoms with van der Waals surface area (Å²) in [6, 6.07) is 18.2. The molecule has 28 heavy (non-hydrogen) atoms. The number of methoxy groups -OCH3 is 1. The Hall–Kier alpha value is -2.17. The molecule has 4 nitrogen and oxygen atoms in total. The summed E-state index contributed by atoms with van der Waals surface area (Å²) in [5.74, 6) is -0.0839. The third-order valence-corrected chi connectivity index (χ3v) is 4.73. The van der Waals surface area contributed by atoms with E-state index in [-0.39, 0.29) is 24.0 Å². The summed E-state index contributed by atoms with van der Waals surface area (Å²) < 4.78 is 10.8.